The van der Waals surface area contributed by atoms with Crippen molar-refractivity contribution in [3.05, 3.63) is 42.8 Å². The number of fused-ring (bicyclic) bond motifs is 3. The average molecular weight is 354 g/mol. The molecule has 2 heterocycles. The van der Waals surface area contributed by atoms with Gasteiger partial charge in [-0.3, -0.25) is 9.78 Å². The summed E-state index contributed by atoms with van der Waals surface area (Å²) < 4.78 is 12.3. The van der Waals surface area contributed by atoms with Crippen molar-refractivity contribution in [2.24, 2.45) is 0 Å². The lowest BCUT2D eigenvalue weighted by molar-refractivity contribution is -0.143. The van der Waals surface area contributed by atoms with Crippen LogP contribution < -0.4 is 0 Å². The van der Waals surface area contributed by atoms with E-state index in [1.54, 1.807) is 7.11 Å². The summed E-state index contributed by atoms with van der Waals surface area (Å²) in [7, 11) is 1.69. The first-order chi connectivity index (χ1) is 12.7. The topological polar surface area (TPSA) is 66.2 Å². The molecule has 0 fully saturated rings. The Morgan fingerprint density at radius 1 is 1.27 bits per heavy atom. The standard InChI is InChI=1S/C20H24N3O3/c1-3-26-19(24)10-6-7-12-23-18(11-13-25-2)22-17-14-21-16-9-5-4-8-15(16)20(17)23/h4-5,8-9,12,14H,3,6-7,10-11,13H2,1-2H3. The van der Waals surface area contributed by atoms with E-state index in [9.17, 15) is 4.79 Å². The summed E-state index contributed by atoms with van der Waals surface area (Å²) in [6.45, 7) is 4.95. The van der Waals surface area contributed by atoms with Crippen LogP contribution in [0.3, 0.4) is 0 Å². The van der Waals surface area contributed by atoms with Gasteiger partial charge in [0.2, 0.25) is 0 Å². The largest absolute Gasteiger partial charge is 0.466 e. The molecule has 26 heavy (non-hydrogen) atoms. The summed E-state index contributed by atoms with van der Waals surface area (Å²) in [5.41, 5.74) is 2.87. The zero-order chi connectivity index (χ0) is 18.4. The number of benzene rings is 1. The van der Waals surface area contributed by atoms with Gasteiger partial charge in [0.1, 0.15) is 11.3 Å². The molecule has 1 radical (unpaired) electrons. The van der Waals surface area contributed by atoms with E-state index in [0.717, 1.165) is 40.6 Å². The van der Waals surface area contributed by atoms with Crippen molar-refractivity contribution in [1.82, 2.24) is 14.5 Å². The van der Waals surface area contributed by atoms with Gasteiger partial charge < -0.3 is 14.0 Å². The van der Waals surface area contributed by atoms with Gasteiger partial charge in [-0.15, -0.1) is 0 Å². The van der Waals surface area contributed by atoms with Crippen molar-refractivity contribution in [2.45, 2.75) is 32.6 Å². The summed E-state index contributed by atoms with van der Waals surface area (Å²) in [5.74, 6) is 0.793. The minimum atomic E-state index is -0.148. The molecule has 0 N–H and O–H groups in total. The molecule has 6 heteroatoms. The Morgan fingerprint density at radius 2 is 2.12 bits per heavy atom. The molecular weight excluding hydrogens is 330 g/mol. The third kappa shape index (κ3) is 4.02. The van der Waals surface area contributed by atoms with Crippen LogP contribution in [-0.4, -0.2) is 40.8 Å². The van der Waals surface area contributed by atoms with Gasteiger partial charge in [0.05, 0.1) is 37.0 Å². The van der Waals surface area contributed by atoms with Gasteiger partial charge >= 0.3 is 5.97 Å². The number of ether oxygens (including phenoxy) is 2. The van der Waals surface area contributed by atoms with E-state index in [1.165, 1.54) is 0 Å². The number of para-hydroxylation sites is 1. The Labute approximate surface area is 153 Å². The van der Waals surface area contributed by atoms with E-state index < -0.39 is 0 Å². The maximum Gasteiger partial charge on any atom is 0.305 e. The highest BCUT2D eigenvalue weighted by Gasteiger charge is 2.14. The SMILES string of the molecule is CCOC(=O)CCC[CH]n1c(CCOC)nc2cnc3ccccc3c21. The summed E-state index contributed by atoms with van der Waals surface area (Å²) in [6, 6.07) is 8.06. The van der Waals surface area contributed by atoms with Gasteiger partial charge in [-0.1, -0.05) is 18.2 Å². The fraction of sp³-hybridized carbons (Fsp3) is 0.400. The van der Waals surface area contributed by atoms with Crippen molar-refractivity contribution in [3.63, 3.8) is 0 Å². The van der Waals surface area contributed by atoms with E-state index in [4.69, 9.17) is 14.5 Å². The second-order valence-corrected chi connectivity index (χ2v) is 6.03. The molecule has 6 nitrogen and oxygen atoms in total. The minimum absolute atomic E-state index is 0.148. The molecule has 0 aliphatic carbocycles. The summed E-state index contributed by atoms with van der Waals surface area (Å²) >= 11 is 0. The maximum atomic E-state index is 11.5. The van der Waals surface area contributed by atoms with E-state index in [2.05, 4.69) is 22.2 Å². The van der Waals surface area contributed by atoms with Crippen LogP contribution in [0.4, 0.5) is 0 Å². The summed E-state index contributed by atoms with van der Waals surface area (Å²) in [4.78, 5) is 20.8. The molecule has 137 valence electrons. The second kappa shape index (κ2) is 8.76. The number of nitrogens with zero attached hydrogens (tertiary/aromatic N) is 3. The number of unbranched alkanes of at least 4 members (excludes halogenated alkanes) is 1. The van der Waals surface area contributed by atoms with Crippen LogP contribution in [-0.2, 0) is 20.7 Å². The number of hydrogen-bond acceptors (Lipinski definition) is 5. The molecule has 0 atom stereocenters. The number of rotatable bonds is 9. The Bertz CT molecular complexity index is 889. The highest BCUT2D eigenvalue weighted by Crippen LogP contribution is 2.26. The predicted octanol–water partition coefficient (Wildman–Crippen LogP) is 3.52. The quantitative estimate of drug-likeness (QED) is 0.434. The van der Waals surface area contributed by atoms with E-state index in [-0.39, 0.29) is 5.97 Å². The van der Waals surface area contributed by atoms with Gasteiger partial charge in [0.15, 0.2) is 0 Å². The molecule has 0 aliphatic rings. The highest BCUT2D eigenvalue weighted by molar-refractivity contribution is 6.02. The van der Waals surface area contributed by atoms with Crippen LogP contribution in [0.2, 0.25) is 0 Å². The van der Waals surface area contributed by atoms with Gasteiger partial charge in [0, 0.05) is 25.3 Å². The van der Waals surface area contributed by atoms with Crippen molar-refractivity contribution in [1.29, 1.82) is 0 Å². The fourth-order valence-electron chi connectivity index (χ4n) is 3.04. The first-order valence-electron chi connectivity index (χ1n) is 8.97. The number of methoxy groups -OCH3 is 1. The van der Waals surface area contributed by atoms with Crippen LogP contribution in [0.5, 0.6) is 0 Å². The van der Waals surface area contributed by atoms with Gasteiger partial charge in [-0.2, -0.15) is 0 Å². The first-order valence-corrected chi connectivity index (χ1v) is 8.97. The Kier molecular flexibility index (Phi) is 6.17. The van der Waals surface area contributed by atoms with Crippen molar-refractivity contribution >= 4 is 27.9 Å². The Morgan fingerprint density at radius 3 is 2.92 bits per heavy atom. The molecule has 0 saturated carbocycles. The monoisotopic (exact) mass is 354 g/mol. The van der Waals surface area contributed by atoms with Crippen molar-refractivity contribution < 1.29 is 14.3 Å². The van der Waals surface area contributed by atoms with Gasteiger partial charge in [0.25, 0.3) is 0 Å². The van der Waals surface area contributed by atoms with Gasteiger partial charge in [-0.25, -0.2) is 4.98 Å². The minimum Gasteiger partial charge on any atom is -0.466 e. The number of esters is 1. The molecule has 3 rings (SSSR count). The Balaban J connectivity index is 1.87. The Hall–Kier alpha value is -2.47. The third-order valence-electron chi connectivity index (χ3n) is 4.23. The average Bonchev–Trinajstić information content (AvgIpc) is 3.01. The van der Waals surface area contributed by atoms with Crippen molar-refractivity contribution in [3.8, 4) is 0 Å². The molecule has 1 aromatic carbocycles. The van der Waals surface area contributed by atoms with Gasteiger partial charge in [-0.05, 0) is 25.8 Å². The molecule has 0 spiro atoms. The van der Waals surface area contributed by atoms with Crippen LogP contribution >= 0.6 is 0 Å². The number of aromatic nitrogens is 3. The lowest BCUT2D eigenvalue weighted by Gasteiger charge is -2.10. The lowest BCUT2D eigenvalue weighted by atomic mass is 10.2. The van der Waals surface area contributed by atoms with Crippen molar-refractivity contribution in [2.75, 3.05) is 20.3 Å². The molecule has 0 unspecified atom stereocenters. The predicted molar refractivity (Wildman–Crippen MR) is 101 cm³/mol. The highest BCUT2D eigenvalue weighted by atomic mass is 16.5. The smallest absolute Gasteiger partial charge is 0.305 e. The number of carbonyl (C=O) groups is 1. The number of pyridine rings is 1. The fourth-order valence-corrected chi connectivity index (χ4v) is 3.04. The molecular formula is C20H24N3O3. The molecule has 0 amide bonds. The first kappa shape index (κ1) is 18.3. The van der Waals surface area contributed by atoms with E-state index >= 15 is 0 Å². The number of hydrogen-bond donors (Lipinski definition) is 0. The number of carbonyl (C=O) groups excluding carboxylic acids is 1. The van der Waals surface area contributed by atoms with Crippen LogP contribution in [0, 0.1) is 6.54 Å². The van der Waals surface area contributed by atoms with E-state index in [1.807, 2.05) is 31.3 Å². The molecule has 0 bridgehead atoms. The number of imidazole rings is 1. The molecule has 0 aliphatic heterocycles. The zero-order valence-corrected chi connectivity index (χ0v) is 15.3. The van der Waals surface area contributed by atoms with Crippen LogP contribution in [0.1, 0.15) is 32.0 Å². The maximum absolute atomic E-state index is 11.5. The summed E-state index contributed by atoms with van der Waals surface area (Å²) in [5, 5.41) is 1.07. The second-order valence-electron chi connectivity index (χ2n) is 6.03. The lowest BCUT2D eigenvalue weighted by Crippen LogP contribution is -2.07. The van der Waals surface area contributed by atoms with Crippen LogP contribution in [0.15, 0.2) is 30.5 Å². The zero-order valence-electron chi connectivity index (χ0n) is 15.3. The van der Waals surface area contributed by atoms with Crippen LogP contribution in [0.25, 0.3) is 21.9 Å². The summed E-state index contributed by atoms with van der Waals surface area (Å²) in [6.07, 6.45) is 4.46. The third-order valence-corrected chi connectivity index (χ3v) is 4.23. The molecule has 2 aromatic heterocycles. The molecule has 0 saturated heterocycles. The van der Waals surface area contributed by atoms with E-state index in [0.29, 0.717) is 26.1 Å². The normalized spacial score (nSPS) is 11.3. The molecule has 3 aromatic rings.